The lowest BCUT2D eigenvalue weighted by molar-refractivity contribution is -0.00443. The Bertz CT molecular complexity index is 366. The second-order valence-electron chi connectivity index (χ2n) is 5.68. The van der Waals surface area contributed by atoms with Gasteiger partial charge in [0.15, 0.2) is 0 Å². The number of rotatable bonds is 8. The summed E-state index contributed by atoms with van der Waals surface area (Å²) in [4.78, 5) is 0. The summed E-state index contributed by atoms with van der Waals surface area (Å²) in [6.45, 7) is 9.36. The van der Waals surface area contributed by atoms with Crippen molar-refractivity contribution in [1.82, 2.24) is 0 Å². The number of anilines is 1. The molecule has 0 amide bonds. The van der Waals surface area contributed by atoms with Crippen LogP contribution in [0.5, 0.6) is 0 Å². The average Bonchev–Trinajstić information content (AvgIpc) is 2.33. The van der Waals surface area contributed by atoms with Crippen molar-refractivity contribution in [3.63, 3.8) is 0 Å². The fourth-order valence-electron chi connectivity index (χ4n) is 2.06. The lowest BCUT2D eigenvalue weighted by atomic mass is 10.1. The number of benzene rings is 1. The summed E-state index contributed by atoms with van der Waals surface area (Å²) >= 11 is 0. The molecule has 1 aromatic carbocycles. The molecular weight excluding hydrogens is 238 g/mol. The third-order valence-electron chi connectivity index (χ3n) is 2.94. The van der Waals surface area contributed by atoms with Crippen LogP contribution in [0.1, 0.15) is 32.8 Å². The Kier molecular flexibility index (Phi) is 6.89. The van der Waals surface area contributed by atoms with Crippen LogP contribution in [0.25, 0.3) is 0 Å². The first-order valence-corrected chi connectivity index (χ1v) is 7.07. The van der Waals surface area contributed by atoms with Gasteiger partial charge in [0.25, 0.3) is 0 Å². The van der Waals surface area contributed by atoms with E-state index in [0.717, 1.165) is 12.1 Å². The van der Waals surface area contributed by atoms with Crippen LogP contribution in [-0.2, 0) is 4.74 Å². The third-order valence-corrected chi connectivity index (χ3v) is 2.94. The first-order chi connectivity index (χ1) is 8.97. The van der Waals surface area contributed by atoms with Crippen LogP contribution in [-0.4, -0.2) is 30.5 Å². The van der Waals surface area contributed by atoms with Crippen LogP contribution in [0.2, 0.25) is 0 Å². The predicted molar refractivity (Wildman–Crippen MR) is 80.5 cm³/mol. The average molecular weight is 265 g/mol. The van der Waals surface area contributed by atoms with Crippen molar-refractivity contribution in [3.8, 4) is 0 Å². The first-order valence-electron chi connectivity index (χ1n) is 7.07. The lowest BCUT2D eigenvalue weighted by Gasteiger charge is -2.18. The number of aryl methyl sites for hydroxylation is 1. The highest BCUT2D eigenvalue weighted by Gasteiger charge is 2.09. The van der Waals surface area contributed by atoms with Gasteiger partial charge in [-0.15, -0.1) is 0 Å². The van der Waals surface area contributed by atoms with Crippen LogP contribution in [0.15, 0.2) is 24.3 Å². The lowest BCUT2D eigenvalue weighted by Crippen LogP contribution is -2.27. The zero-order valence-electron chi connectivity index (χ0n) is 12.5. The summed E-state index contributed by atoms with van der Waals surface area (Å²) in [6.07, 6.45) is 0.752. The maximum Gasteiger partial charge on any atom is 0.0945 e. The molecule has 3 nitrogen and oxygen atoms in total. The van der Waals surface area contributed by atoms with Gasteiger partial charge < -0.3 is 15.2 Å². The second kappa shape index (κ2) is 8.18. The molecule has 0 saturated heterocycles. The van der Waals surface area contributed by atoms with Gasteiger partial charge in [0, 0.05) is 12.2 Å². The molecule has 2 unspecified atom stereocenters. The fraction of sp³-hybridized carbons (Fsp3) is 0.625. The van der Waals surface area contributed by atoms with Crippen molar-refractivity contribution in [2.45, 2.75) is 46.3 Å². The normalized spacial score (nSPS) is 14.4. The highest BCUT2D eigenvalue weighted by atomic mass is 16.5. The molecule has 3 heteroatoms. The van der Waals surface area contributed by atoms with Gasteiger partial charge in [0.1, 0.15) is 0 Å². The Morgan fingerprint density at radius 2 is 2.00 bits per heavy atom. The Labute approximate surface area is 117 Å². The van der Waals surface area contributed by atoms with Gasteiger partial charge in [0.2, 0.25) is 0 Å². The number of aliphatic hydroxyl groups is 1. The smallest absolute Gasteiger partial charge is 0.0945 e. The molecule has 0 aromatic heterocycles. The molecule has 0 heterocycles. The van der Waals surface area contributed by atoms with Crippen LogP contribution < -0.4 is 5.32 Å². The Hall–Kier alpha value is -1.06. The van der Waals surface area contributed by atoms with Crippen molar-refractivity contribution in [3.05, 3.63) is 29.8 Å². The van der Waals surface area contributed by atoms with E-state index in [-0.39, 0.29) is 6.10 Å². The molecule has 108 valence electrons. The van der Waals surface area contributed by atoms with Gasteiger partial charge in [-0.25, -0.2) is 0 Å². The minimum absolute atomic E-state index is 0.202. The summed E-state index contributed by atoms with van der Waals surface area (Å²) in [6, 6.07) is 8.13. The van der Waals surface area contributed by atoms with E-state index in [2.05, 4.69) is 45.1 Å². The standard InChI is InChI=1S/C16H27NO2/c1-12(2)8-14(4)19-11-16(18)10-17-15-7-5-6-13(3)9-15/h5-7,9,12,14,16-18H,8,10-11H2,1-4H3. The number of ether oxygens (including phenoxy) is 1. The molecule has 0 spiro atoms. The van der Waals surface area contributed by atoms with Gasteiger partial charge in [-0.1, -0.05) is 26.0 Å². The fourth-order valence-corrected chi connectivity index (χ4v) is 2.06. The van der Waals surface area contributed by atoms with Crippen LogP contribution in [0.3, 0.4) is 0 Å². The largest absolute Gasteiger partial charge is 0.389 e. The number of hydrogen-bond donors (Lipinski definition) is 2. The van der Waals surface area contributed by atoms with E-state index in [4.69, 9.17) is 4.74 Å². The van der Waals surface area contributed by atoms with E-state index in [9.17, 15) is 5.11 Å². The van der Waals surface area contributed by atoms with Crippen LogP contribution >= 0.6 is 0 Å². The maximum atomic E-state index is 9.88. The molecule has 0 bridgehead atoms. The van der Waals surface area contributed by atoms with Crippen molar-refractivity contribution in [2.24, 2.45) is 5.92 Å². The Balaban J connectivity index is 2.22. The molecule has 0 fully saturated rings. The zero-order chi connectivity index (χ0) is 14.3. The summed E-state index contributed by atoms with van der Waals surface area (Å²) in [5, 5.41) is 13.1. The molecule has 1 aromatic rings. The minimum Gasteiger partial charge on any atom is -0.389 e. The topological polar surface area (TPSA) is 41.5 Å². The SMILES string of the molecule is Cc1cccc(NCC(O)COC(C)CC(C)C)c1. The number of hydrogen-bond acceptors (Lipinski definition) is 3. The van der Waals surface area contributed by atoms with Crippen LogP contribution in [0.4, 0.5) is 5.69 Å². The molecule has 2 N–H and O–H groups in total. The molecule has 0 radical (unpaired) electrons. The van der Waals surface area contributed by atoms with Gasteiger partial charge in [-0.3, -0.25) is 0 Å². The summed E-state index contributed by atoms with van der Waals surface area (Å²) in [7, 11) is 0. The van der Waals surface area contributed by atoms with E-state index in [1.165, 1.54) is 5.56 Å². The summed E-state index contributed by atoms with van der Waals surface area (Å²) in [5.41, 5.74) is 2.25. The van der Waals surface area contributed by atoms with E-state index in [1.807, 2.05) is 12.1 Å². The quantitative estimate of drug-likeness (QED) is 0.758. The van der Waals surface area contributed by atoms with Gasteiger partial charge in [0.05, 0.1) is 18.8 Å². The molecule has 2 atom stereocenters. The van der Waals surface area contributed by atoms with E-state index < -0.39 is 6.10 Å². The monoisotopic (exact) mass is 265 g/mol. The van der Waals surface area contributed by atoms with E-state index in [1.54, 1.807) is 0 Å². The molecule has 0 aliphatic heterocycles. The van der Waals surface area contributed by atoms with E-state index in [0.29, 0.717) is 19.1 Å². The van der Waals surface area contributed by atoms with Crippen LogP contribution in [0, 0.1) is 12.8 Å². The zero-order valence-corrected chi connectivity index (χ0v) is 12.5. The number of nitrogens with one attached hydrogen (secondary N) is 1. The molecule has 0 saturated carbocycles. The van der Waals surface area contributed by atoms with Gasteiger partial charge in [-0.2, -0.15) is 0 Å². The predicted octanol–water partition coefficient (Wildman–Crippen LogP) is 3.22. The third kappa shape index (κ3) is 7.19. The van der Waals surface area contributed by atoms with E-state index >= 15 is 0 Å². The molecule has 19 heavy (non-hydrogen) atoms. The van der Waals surface area contributed by atoms with Gasteiger partial charge in [-0.05, 0) is 43.9 Å². The van der Waals surface area contributed by atoms with Crippen molar-refractivity contribution >= 4 is 5.69 Å². The highest BCUT2D eigenvalue weighted by molar-refractivity contribution is 5.45. The van der Waals surface area contributed by atoms with Crippen molar-refractivity contribution in [1.29, 1.82) is 0 Å². The molecule has 0 aliphatic rings. The maximum absolute atomic E-state index is 9.88. The Morgan fingerprint density at radius 3 is 2.63 bits per heavy atom. The summed E-state index contributed by atoms with van der Waals surface area (Å²) in [5.74, 6) is 0.623. The van der Waals surface area contributed by atoms with Crippen molar-refractivity contribution < 1.29 is 9.84 Å². The minimum atomic E-state index is -0.477. The molecule has 1 rings (SSSR count). The number of aliphatic hydroxyl groups excluding tert-OH is 1. The molecular formula is C16H27NO2. The first kappa shape index (κ1) is 16.0. The van der Waals surface area contributed by atoms with Crippen molar-refractivity contribution in [2.75, 3.05) is 18.5 Å². The second-order valence-corrected chi connectivity index (χ2v) is 5.68. The van der Waals surface area contributed by atoms with Gasteiger partial charge >= 0.3 is 0 Å². The summed E-state index contributed by atoms with van der Waals surface area (Å²) < 4.78 is 5.64. The highest BCUT2D eigenvalue weighted by Crippen LogP contribution is 2.10. The Morgan fingerprint density at radius 1 is 1.26 bits per heavy atom. The molecule has 0 aliphatic carbocycles.